The van der Waals surface area contributed by atoms with Crippen LogP contribution in [0.3, 0.4) is 0 Å². The molecule has 0 fully saturated rings. The average Bonchev–Trinajstić information content (AvgIpc) is 3.17. The summed E-state index contributed by atoms with van der Waals surface area (Å²) < 4.78 is 65.2. The molecule has 0 amide bonds. The molecule has 0 bridgehead atoms. The normalized spacial score (nSPS) is 11.8. The van der Waals surface area contributed by atoms with Gasteiger partial charge in [0.25, 0.3) is 23.9 Å². The third kappa shape index (κ3) is 35.5. The maximum atomic E-state index is 10.4. The van der Waals surface area contributed by atoms with E-state index in [2.05, 4.69) is 0 Å². The van der Waals surface area contributed by atoms with Crippen LogP contribution in [0, 0.1) is 0 Å². The maximum Gasteiger partial charge on any atom is 4.00 e. The average molecular weight is 912 g/mol. The molecule has 0 unspecified atom stereocenters. The van der Waals surface area contributed by atoms with Crippen LogP contribution in [-0.2, 0) is 83.0 Å². The van der Waals surface area contributed by atoms with Crippen molar-refractivity contribution in [2.45, 2.75) is 158 Å². The summed E-state index contributed by atoms with van der Waals surface area (Å²) in [5.74, 6) is -3.99. The molecular formula is C40H84O16Zr. The Labute approximate surface area is 366 Å². The van der Waals surface area contributed by atoms with Crippen molar-refractivity contribution < 1.29 is 103 Å². The second-order valence-electron chi connectivity index (χ2n) is 11.2. The molecule has 0 radical (unpaired) electrons. The summed E-state index contributed by atoms with van der Waals surface area (Å²) in [7, 11) is 0. The standard InChI is InChI=1S/4C10H21O4.Zr/c4*1-4-12-10(13-5-2,14-6-3)8-7-9-11;/h4*4-9H2,1-3H3;/q4*-1;+4. The van der Waals surface area contributed by atoms with E-state index in [1.54, 1.807) is 0 Å². The topological polar surface area (TPSA) is 203 Å². The van der Waals surface area contributed by atoms with Gasteiger partial charge in [0.05, 0.1) is 0 Å². The predicted octanol–water partition coefficient (Wildman–Crippen LogP) is 3.56. The van der Waals surface area contributed by atoms with Gasteiger partial charge in [0, 0.05) is 105 Å². The van der Waals surface area contributed by atoms with Gasteiger partial charge in [0.1, 0.15) is 0 Å². The Hall–Kier alpha value is 0.243. The zero-order valence-electron chi connectivity index (χ0n) is 38.0. The Balaban J connectivity index is -0.000000210. The van der Waals surface area contributed by atoms with Crippen molar-refractivity contribution in [3.8, 4) is 0 Å². The molecule has 0 heterocycles. The largest absolute Gasteiger partial charge is 4.00 e. The molecule has 0 rings (SSSR count). The second-order valence-corrected chi connectivity index (χ2v) is 11.2. The summed E-state index contributed by atoms with van der Waals surface area (Å²) in [6.07, 6.45) is 3.97. The first-order chi connectivity index (χ1) is 27.0. The Morgan fingerprint density at radius 1 is 0.246 bits per heavy atom. The van der Waals surface area contributed by atoms with Crippen LogP contribution in [0.2, 0.25) is 0 Å². The van der Waals surface area contributed by atoms with Gasteiger partial charge in [-0.2, -0.15) is 0 Å². The fraction of sp³-hybridized carbons (Fsp3) is 1.00. The zero-order chi connectivity index (χ0) is 43.5. The van der Waals surface area contributed by atoms with E-state index in [9.17, 15) is 20.4 Å². The Kier molecular flexibility index (Phi) is 55.0. The summed E-state index contributed by atoms with van der Waals surface area (Å²) in [6.45, 7) is 28.2. The van der Waals surface area contributed by atoms with Gasteiger partial charge in [-0.05, 0) is 83.1 Å². The molecule has 17 heteroatoms. The van der Waals surface area contributed by atoms with E-state index in [0.717, 1.165) is 0 Å². The van der Waals surface area contributed by atoms with Crippen LogP contribution in [0.15, 0.2) is 0 Å². The summed E-state index contributed by atoms with van der Waals surface area (Å²) in [5, 5.41) is 41.7. The first-order valence-electron chi connectivity index (χ1n) is 21.0. The van der Waals surface area contributed by atoms with Crippen molar-refractivity contribution in [2.24, 2.45) is 0 Å². The van der Waals surface area contributed by atoms with Crippen LogP contribution in [0.25, 0.3) is 0 Å². The molecule has 0 aliphatic heterocycles. The Morgan fingerprint density at radius 2 is 0.351 bits per heavy atom. The SMILES string of the molecule is CCOC(CCC[O-])(OCC)OCC.CCOC(CCC[O-])(OCC)OCC.CCOC(CCC[O-])(OCC)OCC.CCOC(CCC[O-])(OCC)OCC.[Zr+4]. The van der Waals surface area contributed by atoms with E-state index in [-0.39, 0.29) is 52.6 Å². The molecule has 0 atom stereocenters. The Morgan fingerprint density at radius 3 is 0.421 bits per heavy atom. The summed E-state index contributed by atoms with van der Waals surface area (Å²) in [6, 6.07) is 0. The van der Waals surface area contributed by atoms with Crippen LogP contribution in [0.5, 0.6) is 0 Å². The van der Waals surface area contributed by atoms with Crippen LogP contribution < -0.4 is 20.4 Å². The summed E-state index contributed by atoms with van der Waals surface area (Å²) in [4.78, 5) is 0. The van der Waals surface area contributed by atoms with Gasteiger partial charge in [0.2, 0.25) is 0 Å². The predicted molar refractivity (Wildman–Crippen MR) is 207 cm³/mol. The van der Waals surface area contributed by atoms with Crippen LogP contribution >= 0.6 is 0 Å². The fourth-order valence-electron chi connectivity index (χ4n) is 5.16. The van der Waals surface area contributed by atoms with Crippen LogP contribution in [0.1, 0.15) is 134 Å². The molecule has 0 aliphatic carbocycles. The smallest absolute Gasteiger partial charge is 0.854 e. The van der Waals surface area contributed by atoms with E-state index in [1.807, 2.05) is 83.1 Å². The molecule has 0 spiro atoms. The number of hydrogen-bond donors (Lipinski definition) is 0. The quantitative estimate of drug-likeness (QED) is 0.0825. The first kappa shape index (κ1) is 66.3. The van der Waals surface area contributed by atoms with Gasteiger partial charge in [-0.1, -0.05) is 25.7 Å². The first-order valence-corrected chi connectivity index (χ1v) is 21.0. The van der Waals surface area contributed by atoms with Gasteiger partial charge < -0.3 is 77.3 Å². The van der Waals surface area contributed by atoms with Gasteiger partial charge >= 0.3 is 26.2 Å². The molecule has 0 saturated heterocycles. The van der Waals surface area contributed by atoms with Crippen molar-refractivity contribution >= 4 is 0 Å². The third-order valence-electron chi connectivity index (χ3n) is 6.88. The molecule has 16 nitrogen and oxygen atoms in total. The summed E-state index contributed by atoms with van der Waals surface area (Å²) >= 11 is 0. The van der Waals surface area contributed by atoms with Crippen molar-refractivity contribution in [3.05, 3.63) is 0 Å². The van der Waals surface area contributed by atoms with E-state index in [0.29, 0.717) is 131 Å². The minimum absolute atomic E-state index is 0. The van der Waals surface area contributed by atoms with E-state index >= 15 is 0 Å². The van der Waals surface area contributed by atoms with Gasteiger partial charge in [0.15, 0.2) is 0 Å². The van der Waals surface area contributed by atoms with Gasteiger partial charge in [-0.15, -0.1) is 26.4 Å². The molecule has 57 heavy (non-hydrogen) atoms. The number of rotatable bonds is 36. The molecule has 0 aliphatic rings. The van der Waals surface area contributed by atoms with Gasteiger partial charge in [-0.3, -0.25) is 0 Å². The number of hydrogen-bond acceptors (Lipinski definition) is 16. The molecule has 0 aromatic carbocycles. The minimum Gasteiger partial charge on any atom is -0.854 e. The molecular weight excluding hydrogens is 828 g/mol. The van der Waals surface area contributed by atoms with Crippen molar-refractivity contribution in [2.75, 3.05) is 106 Å². The molecule has 0 N–H and O–H groups in total. The van der Waals surface area contributed by atoms with E-state index < -0.39 is 23.9 Å². The van der Waals surface area contributed by atoms with Crippen molar-refractivity contribution in [1.29, 1.82) is 0 Å². The second kappa shape index (κ2) is 47.3. The van der Waals surface area contributed by atoms with Crippen LogP contribution in [0.4, 0.5) is 0 Å². The molecule has 0 aromatic heterocycles. The maximum absolute atomic E-state index is 10.4. The van der Waals surface area contributed by atoms with Crippen molar-refractivity contribution in [1.82, 2.24) is 0 Å². The van der Waals surface area contributed by atoms with Crippen molar-refractivity contribution in [3.63, 3.8) is 0 Å². The fourth-order valence-corrected chi connectivity index (χ4v) is 5.16. The van der Waals surface area contributed by atoms with Crippen LogP contribution in [-0.4, -0.2) is 130 Å². The van der Waals surface area contributed by atoms with E-state index in [1.165, 1.54) is 0 Å². The molecule has 344 valence electrons. The third-order valence-corrected chi connectivity index (χ3v) is 6.88. The summed E-state index contributed by atoms with van der Waals surface area (Å²) in [5.41, 5.74) is 0. The van der Waals surface area contributed by atoms with Gasteiger partial charge in [-0.25, -0.2) is 0 Å². The van der Waals surface area contributed by atoms with E-state index in [4.69, 9.17) is 56.8 Å². The molecule has 0 saturated carbocycles. The molecule has 0 aromatic rings. The Bertz CT molecular complexity index is 568. The minimum atomic E-state index is -0.997. The zero-order valence-corrected chi connectivity index (χ0v) is 40.5. The number of ether oxygens (including phenoxy) is 12. The monoisotopic (exact) mass is 910 g/mol.